The van der Waals surface area contributed by atoms with Crippen molar-refractivity contribution in [2.45, 2.75) is 217 Å². The van der Waals surface area contributed by atoms with Gasteiger partial charge in [0.2, 0.25) is 0 Å². The van der Waals surface area contributed by atoms with Gasteiger partial charge in [-0.25, -0.2) is 4.98 Å². The Morgan fingerprint density at radius 2 is 1.72 bits per heavy atom. The van der Waals surface area contributed by atoms with Gasteiger partial charge in [0.1, 0.15) is 6.23 Å². The lowest BCUT2D eigenvalue weighted by molar-refractivity contribution is -0.203. The molecule has 1 aromatic heterocycles. The number of fused-ring (bicyclic) bond motifs is 15. The van der Waals surface area contributed by atoms with Crippen LogP contribution in [0.15, 0.2) is 57.7 Å². The summed E-state index contributed by atoms with van der Waals surface area (Å²) in [7, 11) is 5.64. The zero-order chi connectivity index (χ0) is 58.6. The summed E-state index contributed by atoms with van der Waals surface area (Å²) in [6, 6.07) is 0.0688. The van der Waals surface area contributed by atoms with E-state index in [9.17, 15) is 30.6 Å². The van der Waals surface area contributed by atoms with Crippen molar-refractivity contribution in [3.63, 3.8) is 0 Å². The number of aliphatic imine (C=N–C) groups is 1. The molecule has 2 heterocycles. The highest BCUT2D eigenvalue weighted by molar-refractivity contribution is 8.77. The summed E-state index contributed by atoms with van der Waals surface area (Å²) in [5, 5.41) is 95.9. The molecule has 83 heavy (non-hydrogen) atoms. The van der Waals surface area contributed by atoms with E-state index in [1.54, 1.807) is 29.7 Å². The normalized spacial score (nSPS) is 44.1. The highest BCUT2D eigenvalue weighted by atomic mass is 33.1. The van der Waals surface area contributed by atoms with E-state index in [2.05, 4.69) is 54.1 Å². The first-order valence-corrected chi connectivity index (χ1v) is 35.5. The van der Waals surface area contributed by atoms with Gasteiger partial charge in [0.15, 0.2) is 11.7 Å². The van der Waals surface area contributed by atoms with Crippen LogP contribution < -0.4 is 16.4 Å². The third-order valence-corrected chi connectivity index (χ3v) is 29.0. The van der Waals surface area contributed by atoms with Crippen molar-refractivity contribution >= 4 is 33.3 Å². The molecule has 0 amide bonds. The van der Waals surface area contributed by atoms with Gasteiger partial charge in [0, 0.05) is 83.6 Å². The van der Waals surface area contributed by atoms with Gasteiger partial charge in [-0.15, -0.1) is 0 Å². The Kier molecular flexibility index (Phi) is 17.1. The second-order valence-electron chi connectivity index (χ2n) is 30.4. The number of imidazole rings is 1. The van der Waals surface area contributed by atoms with E-state index in [4.69, 9.17) is 10.7 Å². The third kappa shape index (κ3) is 9.63. The topological polar surface area (TPSA) is 239 Å². The quantitative estimate of drug-likeness (QED) is 0.0292. The van der Waals surface area contributed by atoms with Crippen molar-refractivity contribution in [1.29, 1.82) is 0 Å². The van der Waals surface area contributed by atoms with Gasteiger partial charge in [-0.3, -0.25) is 9.79 Å². The third-order valence-electron chi connectivity index (χ3n) is 25.5. The maximum absolute atomic E-state index is 16.1. The molecule has 1 aromatic rings. The number of carbonyl (C=O) groups excluding carboxylic acids is 1. The van der Waals surface area contributed by atoms with Crippen LogP contribution in [-0.4, -0.2) is 131 Å². The Hall–Kier alpha value is -2.25. The predicted octanol–water partition coefficient (Wildman–Crippen LogP) is 9.04. The van der Waals surface area contributed by atoms with E-state index in [1.165, 1.54) is 44.1 Å². The fraction of sp³-hybridized carbons (Fsp3) is 0.836. The van der Waals surface area contributed by atoms with Gasteiger partial charge in [-0.05, 0) is 192 Å². The zero-order valence-corrected chi connectivity index (χ0v) is 52.6. The summed E-state index contributed by atoms with van der Waals surface area (Å²) < 4.78 is 1.72. The Balaban J connectivity index is 1.12. The van der Waals surface area contributed by atoms with E-state index in [1.807, 2.05) is 41.2 Å². The maximum Gasteiger partial charge on any atom is 0.190 e. The van der Waals surface area contributed by atoms with Gasteiger partial charge < -0.3 is 56.7 Å². The second-order valence-corrected chi connectivity index (χ2v) is 33.1. The number of aromatic nitrogens is 2. The highest BCUT2D eigenvalue weighted by Gasteiger charge is 2.79. The molecule has 462 valence electrons. The first kappa shape index (κ1) is 61.0. The number of carbonyl (C=O) groups is 1. The monoisotopic (exact) mass is 1180 g/mol. The molecule has 14 nitrogen and oxygen atoms in total. The number of aliphatic hydroxyl groups is 7. The van der Waals surface area contributed by atoms with Crippen molar-refractivity contribution in [3.05, 3.63) is 52.7 Å². The van der Waals surface area contributed by atoms with Crippen molar-refractivity contribution in [2.24, 2.45) is 103 Å². The number of nitrogens with two attached hydrogens (primary N) is 1. The van der Waals surface area contributed by atoms with Crippen LogP contribution in [0.1, 0.15) is 182 Å². The largest absolute Gasteiger partial charge is 0.396 e. The van der Waals surface area contributed by atoms with Gasteiger partial charge in [0.25, 0.3) is 0 Å². The molecule has 8 fully saturated rings. The van der Waals surface area contributed by atoms with E-state index >= 15 is 9.90 Å². The molecule has 10 aliphatic carbocycles. The molecule has 0 aromatic carbocycles. The SMILES string of the molecule is CNCC1C(O)C(O)CC2(CCCC(C)C)C3C(=CC(=O)C12)C1(O)C2CC(C4CC5CCCC6=C5C(C(=C5CCCC7(CCCC7)C65)C(C)(C)CC(n5ccnc5)CSSC25CCCC5CCO)C4O)C1(CO)CC3CN=C(N)NC(C)O. The molecule has 2 spiro atoms. The van der Waals surface area contributed by atoms with Gasteiger partial charge in [-0.2, -0.15) is 0 Å². The van der Waals surface area contributed by atoms with Crippen LogP contribution in [0, 0.1) is 92.7 Å². The number of aliphatic hydroxyl groups excluding tert-OH is 6. The van der Waals surface area contributed by atoms with E-state index in [-0.39, 0.29) is 84.4 Å². The van der Waals surface area contributed by atoms with Crippen LogP contribution in [0.4, 0.5) is 0 Å². The summed E-state index contributed by atoms with van der Waals surface area (Å²) in [6.45, 7) is 11.1. The van der Waals surface area contributed by atoms with Crippen LogP contribution in [0.25, 0.3) is 0 Å². The first-order valence-electron chi connectivity index (χ1n) is 33.1. The number of nitrogens with one attached hydrogen (secondary N) is 2. The average molecular weight is 1190 g/mol. The molecular weight excluding hydrogens is 1080 g/mol. The van der Waals surface area contributed by atoms with Crippen molar-refractivity contribution in [1.82, 2.24) is 20.2 Å². The Morgan fingerprint density at radius 1 is 0.952 bits per heavy atom. The molecule has 1 aliphatic heterocycles. The van der Waals surface area contributed by atoms with Crippen LogP contribution in [-0.2, 0) is 4.79 Å². The van der Waals surface area contributed by atoms with Gasteiger partial charge >= 0.3 is 0 Å². The van der Waals surface area contributed by atoms with Crippen molar-refractivity contribution in [2.75, 3.05) is 39.1 Å². The molecule has 20 atom stereocenters. The van der Waals surface area contributed by atoms with E-state index in [0.29, 0.717) is 49.6 Å². The summed E-state index contributed by atoms with van der Waals surface area (Å²) in [4.78, 5) is 25.9. The molecule has 4 bridgehead atoms. The molecule has 7 saturated carbocycles. The molecule has 11 aliphatic rings. The number of hydrogen-bond acceptors (Lipinski definition) is 13. The maximum atomic E-state index is 16.1. The smallest absolute Gasteiger partial charge is 0.190 e. The summed E-state index contributed by atoms with van der Waals surface area (Å²) in [5.41, 5.74) is 9.64. The molecular formula is C67H104N6O8S2. The predicted molar refractivity (Wildman–Crippen MR) is 329 cm³/mol. The van der Waals surface area contributed by atoms with Crippen molar-refractivity contribution < 1.29 is 40.5 Å². The fourth-order valence-electron chi connectivity index (χ4n) is 23.0. The Labute approximate surface area is 503 Å². The Morgan fingerprint density at radius 3 is 2.43 bits per heavy atom. The van der Waals surface area contributed by atoms with Crippen LogP contribution in [0.2, 0.25) is 0 Å². The minimum Gasteiger partial charge on any atom is -0.396 e. The summed E-state index contributed by atoms with van der Waals surface area (Å²) >= 11 is 0. The Bertz CT molecular complexity index is 2670. The molecule has 0 radical (unpaired) electrons. The summed E-state index contributed by atoms with van der Waals surface area (Å²) in [6.07, 6.45) is 23.8. The van der Waals surface area contributed by atoms with Crippen LogP contribution >= 0.6 is 21.6 Å². The molecule has 20 unspecified atom stereocenters. The molecule has 16 heteroatoms. The van der Waals surface area contributed by atoms with Crippen LogP contribution in [0.5, 0.6) is 0 Å². The lowest BCUT2D eigenvalue weighted by Crippen LogP contribution is -2.70. The first-order chi connectivity index (χ1) is 39.8. The lowest BCUT2D eigenvalue weighted by atomic mass is 9.39. The van der Waals surface area contributed by atoms with Crippen LogP contribution in [0.3, 0.4) is 0 Å². The number of hydrogen-bond donors (Lipinski definition) is 10. The molecule has 1 saturated heterocycles. The number of allylic oxidation sites excluding steroid dienone is 3. The minimum absolute atomic E-state index is 0.00456. The number of ketones is 1. The summed E-state index contributed by atoms with van der Waals surface area (Å²) in [5.74, 6) is -1.77. The minimum atomic E-state index is -1.77. The standard InChI is InChI=1S/C67H104N6O8S2/c1-38(2)13-10-22-64-32-51(78)59(79)47(34-69-6)57(64)50(77)28-49-55(64)41(33-71-61(68)72-39(3)76)30-65(36-75)48-29-52(67(49,65)81)66(23-11-15-42(66)18-26-74)83-82-35-43(73-25-24-70-37-73)31-62(4,5)58-45-17-12-21-63(19-7-8-20-63)56(45)44-16-9-14-40-27-46(48)60(80)54(58)53(40)44/h24-25,28,37-43,46-48,51-52,54-57,59-60,69,74-76,78-81H,7-23,26-27,29-36H2,1-6H3,(H3,68,71,72). The number of nitrogens with zero attached hydrogens (tertiary/aromatic N) is 3. The lowest BCUT2D eigenvalue weighted by Gasteiger charge is -2.67. The molecule has 11 N–H and O–H groups in total. The average Bonchev–Trinajstić information content (AvgIpc) is 1.80. The number of guanidine groups is 1. The van der Waals surface area contributed by atoms with E-state index in [0.717, 1.165) is 76.4 Å². The fourth-order valence-corrected chi connectivity index (χ4v) is 27.1. The highest BCUT2D eigenvalue weighted by Crippen LogP contribution is 2.78. The van der Waals surface area contributed by atoms with Gasteiger partial charge in [-0.1, -0.05) is 104 Å². The zero-order valence-electron chi connectivity index (χ0n) is 51.0. The second kappa shape index (κ2) is 23.3. The molecule has 12 rings (SSSR count). The van der Waals surface area contributed by atoms with Gasteiger partial charge in [0.05, 0.1) is 36.8 Å². The van der Waals surface area contributed by atoms with E-state index < -0.39 is 75.3 Å². The number of rotatable bonds is 13. The van der Waals surface area contributed by atoms with Crippen molar-refractivity contribution in [3.8, 4) is 0 Å².